The van der Waals surface area contributed by atoms with Crippen molar-refractivity contribution in [1.29, 1.82) is 0 Å². The Hall–Kier alpha value is -1.49. The average molecular weight is 222 g/mol. The van der Waals surface area contributed by atoms with Gasteiger partial charge in [0.15, 0.2) is 0 Å². The first kappa shape index (κ1) is 10.0. The summed E-state index contributed by atoms with van der Waals surface area (Å²) in [4.78, 5) is 14.8. The summed E-state index contributed by atoms with van der Waals surface area (Å²) in [7, 11) is 0. The molecular weight excluding hydrogens is 212 g/mol. The van der Waals surface area contributed by atoms with Gasteiger partial charge in [0.05, 0.1) is 20.1 Å². The predicted molar refractivity (Wildman–Crippen MR) is 60.5 cm³/mol. The number of nitro groups is 1. The largest absolute Gasteiger partial charge is 0.274 e. The molecule has 2 aromatic rings. The second-order valence-electron chi connectivity index (χ2n) is 3.51. The van der Waals surface area contributed by atoms with E-state index >= 15 is 0 Å². The zero-order valence-corrected chi connectivity index (χ0v) is 9.51. The van der Waals surface area contributed by atoms with E-state index < -0.39 is 0 Å². The molecule has 0 aliphatic carbocycles. The standard InChI is InChI=1S/C10H10N2O2S/c1-5-4-8(12(13)14)6(2)10-9(5)11-7(3)15-10/h4H,1-3H3. The third kappa shape index (κ3) is 1.48. The molecule has 0 aliphatic rings. The second kappa shape index (κ2) is 3.27. The summed E-state index contributed by atoms with van der Waals surface area (Å²) < 4.78 is 0.930. The SMILES string of the molecule is Cc1nc2c(C)cc([N+](=O)[O-])c(C)c2s1. The lowest BCUT2D eigenvalue weighted by Crippen LogP contribution is -1.93. The normalized spacial score (nSPS) is 10.9. The molecule has 0 atom stereocenters. The first-order valence-corrected chi connectivity index (χ1v) is 5.34. The van der Waals surface area contributed by atoms with E-state index in [9.17, 15) is 10.1 Å². The highest BCUT2D eigenvalue weighted by Gasteiger charge is 2.17. The molecular formula is C10H10N2O2S. The maximum atomic E-state index is 10.8. The second-order valence-corrected chi connectivity index (χ2v) is 4.71. The van der Waals surface area contributed by atoms with Crippen molar-refractivity contribution < 1.29 is 4.92 Å². The Morgan fingerprint density at radius 1 is 1.40 bits per heavy atom. The number of nitrogens with zero attached hydrogens (tertiary/aromatic N) is 2. The fraction of sp³-hybridized carbons (Fsp3) is 0.300. The van der Waals surface area contributed by atoms with E-state index in [2.05, 4.69) is 4.98 Å². The number of aryl methyl sites for hydroxylation is 3. The number of nitro benzene ring substituents is 1. The van der Waals surface area contributed by atoms with Gasteiger partial charge in [-0.3, -0.25) is 10.1 Å². The van der Waals surface area contributed by atoms with Crippen molar-refractivity contribution in [1.82, 2.24) is 4.98 Å². The lowest BCUT2D eigenvalue weighted by atomic mass is 10.1. The van der Waals surface area contributed by atoms with Crippen molar-refractivity contribution in [3.05, 3.63) is 32.3 Å². The Morgan fingerprint density at radius 2 is 2.07 bits per heavy atom. The third-order valence-electron chi connectivity index (χ3n) is 2.38. The van der Waals surface area contributed by atoms with Gasteiger partial charge in [0, 0.05) is 11.6 Å². The van der Waals surface area contributed by atoms with Crippen LogP contribution in [0.2, 0.25) is 0 Å². The minimum absolute atomic E-state index is 0.184. The predicted octanol–water partition coefficient (Wildman–Crippen LogP) is 3.13. The number of fused-ring (bicyclic) bond motifs is 1. The summed E-state index contributed by atoms with van der Waals surface area (Å²) in [6.45, 7) is 5.54. The molecule has 0 bridgehead atoms. The summed E-state index contributed by atoms with van der Waals surface area (Å²) in [5.74, 6) is 0. The summed E-state index contributed by atoms with van der Waals surface area (Å²) in [6, 6.07) is 1.59. The topological polar surface area (TPSA) is 56.0 Å². The van der Waals surface area contributed by atoms with Crippen LogP contribution in [0.25, 0.3) is 10.2 Å². The van der Waals surface area contributed by atoms with E-state index in [-0.39, 0.29) is 10.6 Å². The highest BCUT2D eigenvalue weighted by molar-refractivity contribution is 7.18. The Bertz CT molecular complexity index is 560. The average Bonchev–Trinajstić information content (AvgIpc) is 2.53. The number of hydrogen-bond donors (Lipinski definition) is 0. The molecule has 0 aliphatic heterocycles. The summed E-state index contributed by atoms with van der Waals surface area (Å²) in [5, 5.41) is 11.8. The van der Waals surface area contributed by atoms with Crippen LogP contribution in [-0.4, -0.2) is 9.91 Å². The molecule has 0 amide bonds. The smallest absolute Gasteiger partial charge is 0.258 e. The van der Waals surface area contributed by atoms with Gasteiger partial charge >= 0.3 is 0 Å². The van der Waals surface area contributed by atoms with E-state index in [0.29, 0.717) is 5.56 Å². The van der Waals surface area contributed by atoms with E-state index in [1.54, 1.807) is 13.0 Å². The Morgan fingerprint density at radius 3 is 2.67 bits per heavy atom. The molecule has 1 heterocycles. The number of aromatic nitrogens is 1. The first-order valence-electron chi connectivity index (χ1n) is 4.52. The van der Waals surface area contributed by atoms with Crippen LogP contribution < -0.4 is 0 Å². The molecule has 0 saturated heterocycles. The van der Waals surface area contributed by atoms with Crippen LogP contribution in [0.4, 0.5) is 5.69 Å². The van der Waals surface area contributed by atoms with E-state index in [0.717, 1.165) is 20.8 Å². The maximum absolute atomic E-state index is 10.8. The molecule has 0 saturated carbocycles. The molecule has 0 fully saturated rings. The van der Waals surface area contributed by atoms with Gasteiger partial charge in [-0.2, -0.15) is 0 Å². The lowest BCUT2D eigenvalue weighted by molar-refractivity contribution is -0.385. The molecule has 0 radical (unpaired) electrons. The molecule has 1 aromatic heterocycles. The van der Waals surface area contributed by atoms with Gasteiger partial charge in [-0.1, -0.05) is 0 Å². The van der Waals surface area contributed by atoms with E-state index in [1.165, 1.54) is 11.3 Å². The van der Waals surface area contributed by atoms with Crippen LogP contribution in [0.5, 0.6) is 0 Å². The van der Waals surface area contributed by atoms with Crippen LogP contribution in [0, 0.1) is 30.9 Å². The van der Waals surface area contributed by atoms with Crippen LogP contribution in [0.1, 0.15) is 16.1 Å². The van der Waals surface area contributed by atoms with Crippen molar-refractivity contribution in [3.63, 3.8) is 0 Å². The van der Waals surface area contributed by atoms with E-state index in [4.69, 9.17) is 0 Å². The van der Waals surface area contributed by atoms with Crippen molar-refractivity contribution in [2.45, 2.75) is 20.8 Å². The summed E-state index contributed by atoms with van der Waals surface area (Å²) >= 11 is 1.51. The molecule has 5 heteroatoms. The molecule has 0 unspecified atom stereocenters. The molecule has 1 aromatic carbocycles. The van der Waals surface area contributed by atoms with Gasteiger partial charge in [0.1, 0.15) is 0 Å². The summed E-state index contributed by atoms with van der Waals surface area (Å²) in [6.07, 6.45) is 0. The molecule has 15 heavy (non-hydrogen) atoms. The molecule has 4 nitrogen and oxygen atoms in total. The van der Waals surface area contributed by atoms with Gasteiger partial charge in [0.2, 0.25) is 0 Å². The van der Waals surface area contributed by atoms with Crippen LogP contribution >= 0.6 is 11.3 Å². The van der Waals surface area contributed by atoms with Gasteiger partial charge in [-0.05, 0) is 26.3 Å². The minimum atomic E-state index is -0.336. The fourth-order valence-electron chi connectivity index (χ4n) is 1.64. The van der Waals surface area contributed by atoms with Crippen LogP contribution in [0.15, 0.2) is 6.07 Å². The Balaban J connectivity index is 2.89. The van der Waals surface area contributed by atoms with Crippen LogP contribution in [0.3, 0.4) is 0 Å². The first-order chi connectivity index (χ1) is 7.00. The fourth-order valence-corrected chi connectivity index (χ4v) is 2.63. The van der Waals surface area contributed by atoms with Crippen molar-refractivity contribution in [3.8, 4) is 0 Å². The molecule has 78 valence electrons. The van der Waals surface area contributed by atoms with Crippen molar-refractivity contribution >= 4 is 27.2 Å². The Labute approximate surface area is 90.7 Å². The quantitative estimate of drug-likeness (QED) is 0.550. The summed E-state index contributed by atoms with van der Waals surface area (Å²) in [5.41, 5.74) is 2.65. The zero-order chi connectivity index (χ0) is 11.2. The maximum Gasteiger partial charge on any atom is 0.274 e. The van der Waals surface area contributed by atoms with Crippen LogP contribution in [-0.2, 0) is 0 Å². The monoisotopic (exact) mass is 222 g/mol. The van der Waals surface area contributed by atoms with Gasteiger partial charge in [-0.15, -0.1) is 11.3 Å². The molecule has 0 N–H and O–H groups in total. The number of hydrogen-bond acceptors (Lipinski definition) is 4. The lowest BCUT2D eigenvalue weighted by Gasteiger charge is -2.00. The molecule has 2 rings (SSSR count). The van der Waals surface area contributed by atoms with E-state index in [1.807, 2.05) is 13.8 Å². The minimum Gasteiger partial charge on any atom is -0.258 e. The third-order valence-corrected chi connectivity index (χ3v) is 3.47. The van der Waals surface area contributed by atoms with Gasteiger partial charge < -0.3 is 0 Å². The zero-order valence-electron chi connectivity index (χ0n) is 8.70. The number of benzene rings is 1. The number of rotatable bonds is 1. The highest BCUT2D eigenvalue weighted by Crippen LogP contribution is 2.33. The molecule has 0 spiro atoms. The Kier molecular flexibility index (Phi) is 2.19. The van der Waals surface area contributed by atoms with Gasteiger partial charge in [-0.25, -0.2) is 4.98 Å². The van der Waals surface area contributed by atoms with Crippen molar-refractivity contribution in [2.24, 2.45) is 0 Å². The van der Waals surface area contributed by atoms with Gasteiger partial charge in [0.25, 0.3) is 5.69 Å². The van der Waals surface area contributed by atoms with Crippen molar-refractivity contribution in [2.75, 3.05) is 0 Å². The highest BCUT2D eigenvalue weighted by atomic mass is 32.1. The number of thiazole rings is 1.